The van der Waals surface area contributed by atoms with Crippen LogP contribution in [-0.4, -0.2) is 5.92 Å². The molecule has 0 heterocycles. The van der Waals surface area contributed by atoms with Crippen LogP contribution in [0.3, 0.4) is 0 Å². The minimum absolute atomic E-state index is 0.0766. The molecule has 0 bridgehead atoms. The number of halogens is 2. The van der Waals surface area contributed by atoms with E-state index in [0.29, 0.717) is 6.42 Å². The first-order chi connectivity index (χ1) is 9.56. The van der Waals surface area contributed by atoms with E-state index < -0.39 is 11.8 Å². The maximum Gasteiger partial charge on any atom is 0.255 e. The molecule has 1 aromatic carbocycles. The number of hydrogen-bond acceptors (Lipinski definition) is 0. The minimum atomic E-state index is -2.54. The molecule has 0 N–H and O–H groups in total. The number of benzene rings is 1. The second kappa shape index (κ2) is 6.69. The Balaban J connectivity index is 2.05. The summed E-state index contributed by atoms with van der Waals surface area (Å²) in [7, 11) is 0. The Morgan fingerprint density at radius 3 is 2.35 bits per heavy atom. The lowest BCUT2D eigenvalue weighted by atomic mass is 9.74. The van der Waals surface area contributed by atoms with Crippen LogP contribution in [0.4, 0.5) is 8.78 Å². The molecule has 0 nitrogen and oxygen atoms in total. The third-order valence-corrected chi connectivity index (χ3v) is 4.69. The van der Waals surface area contributed by atoms with Gasteiger partial charge in [0.2, 0.25) is 0 Å². The fourth-order valence-corrected chi connectivity index (χ4v) is 3.38. The summed E-state index contributed by atoms with van der Waals surface area (Å²) >= 11 is 0. The zero-order valence-electron chi connectivity index (χ0n) is 12.7. The molecule has 0 aromatic heterocycles. The van der Waals surface area contributed by atoms with Gasteiger partial charge in [0.1, 0.15) is 0 Å². The lowest BCUT2D eigenvalue weighted by Gasteiger charge is -2.36. The summed E-state index contributed by atoms with van der Waals surface area (Å²) in [4.78, 5) is 0. The number of rotatable bonds is 5. The molecule has 20 heavy (non-hydrogen) atoms. The van der Waals surface area contributed by atoms with Crippen molar-refractivity contribution in [2.45, 2.75) is 70.6 Å². The van der Waals surface area contributed by atoms with Gasteiger partial charge in [0.05, 0.1) is 0 Å². The SMILES string of the molecule is CCCCC1CCC(c2ccc(CC)cc2)C(F)(F)C1. The fraction of sp³-hybridized carbons (Fsp3) is 0.667. The monoisotopic (exact) mass is 280 g/mol. The predicted octanol–water partition coefficient (Wildman–Crippen LogP) is 5.96. The van der Waals surface area contributed by atoms with Gasteiger partial charge in [-0.1, -0.05) is 57.4 Å². The molecule has 1 fully saturated rings. The Kier molecular flexibility index (Phi) is 5.17. The summed E-state index contributed by atoms with van der Waals surface area (Å²) in [5.41, 5.74) is 2.04. The van der Waals surface area contributed by atoms with Crippen molar-refractivity contribution < 1.29 is 8.78 Å². The highest BCUT2D eigenvalue weighted by molar-refractivity contribution is 5.27. The van der Waals surface area contributed by atoms with Gasteiger partial charge in [-0.15, -0.1) is 0 Å². The van der Waals surface area contributed by atoms with Crippen molar-refractivity contribution in [3.63, 3.8) is 0 Å². The summed E-state index contributed by atoms with van der Waals surface area (Å²) in [5.74, 6) is -2.90. The summed E-state index contributed by atoms with van der Waals surface area (Å²) in [5, 5.41) is 0. The van der Waals surface area contributed by atoms with Gasteiger partial charge in [-0.3, -0.25) is 0 Å². The van der Waals surface area contributed by atoms with E-state index in [1.807, 2.05) is 24.3 Å². The van der Waals surface area contributed by atoms with Gasteiger partial charge >= 0.3 is 0 Å². The van der Waals surface area contributed by atoms with Gasteiger partial charge in [-0.2, -0.15) is 0 Å². The molecule has 1 aromatic rings. The molecular formula is C18H26F2. The van der Waals surface area contributed by atoms with Crippen molar-refractivity contribution >= 4 is 0 Å². The zero-order valence-corrected chi connectivity index (χ0v) is 12.7. The van der Waals surface area contributed by atoms with E-state index in [1.54, 1.807) is 0 Å². The molecule has 1 saturated carbocycles. The lowest BCUT2D eigenvalue weighted by Crippen LogP contribution is -2.34. The summed E-state index contributed by atoms with van der Waals surface area (Å²) in [6.45, 7) is 4.21. The second-order valence-corrected chi connectivity index (χ2v) is 6.20. The average Bonchev–Trinajstić information content (AvgIpc) is 2.44. The average molecular weight is 280 g/mol. The Hall–Kier alpha value is -0.920. The molecule has 0 saturated heterocycles. The minimum Gasteiger partial charge on any atom is -0.206 e. The van der Waals surface area contributed by atoms with Crippen LogP contribution in [0.5, 0.6) is 0 Å². The molecule has 2 heteroatoms. The van der Waals surface area contributed by atoms with Crippen molar-refractivity contribution in [1.82, 2.24) is 0 Å². The third-order valence-electron chi connectivity index (χ3n) is 4.69. The molecule has 2 atom stereocenters. The van der Waals surface area contributed by atoms with Crippen molar-refractivity contribution in [1.29, 1.82) is 0 Å². The van der Waals surface area contributed by atoms with E-state index in [2.05, 4.69) is 13.8 Å². The summed E-state index contributed by atoms with van der Waals surface area (Å²) < 4.78 is 28.8. The van der Waals surface area contributed by atoms with Gasteiger partial charge in [0.15, 0.2) is 0 Å². The van der Waals surface area contributed by atoms with E-state index in [1.165, 1.54) is 5.56 Å². The standard InChI is InChI=1S/C18H26F2/c1-3-5-6-15-9-12-17(18(19,20)13-15)16-10-7-14(4-2)8-11-16/h7-8,10-11,15,17H,3-6,9,12-13H2,1-2H3. The maximum absolute atomic E-state index is 14.4. The lowest BCUT2D eigenvalue weighted by molar-refractivity contribution is -0.0737. The maximum atomic E-state index is 14.4. The van der Waals surface area contributed by atoms with Gasteiger partial charge < -0.3 is 0 Å². The first kappa shape index (κ1) is 15.5. The van der Waals surface area contributed by atoms with Crippen LogP contribution >= 0.6 is 0 Å². The van der Waals surface area contributed by atoms with Crippen LogP contribution in [0, 0.1) is 5.92 Å². The molecule has 0 radical (unpaired) electrons. The van der Waals surface area contributed by atoms with Crippen molar-refractivity contribution in [3.8, 4) is 0 Å². The van der Waals surface area contributed by atoms with Crippen LogP contribution in [-0.2, 0) is 6.42 Å². The summed E-state index contributed by atoms with van der Waals surface area (Å²) in [6.07, 6.45) is 5.77. The topological polar surface area (TPSA) is 0 Å². The predicted molar refractivity (Wildman–Crippen MR) is 80.4 cm³/mol. The highest BCUT2D eigenvalue weighted by atomic mass is 19.3. The highest BCUT2D eigenvalue weighted by Crippen LogP contribution is 2.48. The number of hydrogen-bond donors (Lipinski definition) is 0. The molecule has 0 spiro atoms. The highest BCUT2D eigenvalue weighted by Gasteiger charge is 2.45. The van der Waals surface area contributed by atoms with E-state index in [4.69, 9.17) is 0 Å². The van der Waals surface area contributed by atoms with Crippen LogP contribution < -0.4 is 0 Å². The second-order valence-electron chi connectivity index (χ2n) is 6.20. The zero-order chi connectivity index (χ0) is 14.6. The molecule has 1 aliphatic carbocycles. The van der Waals surface area contributed by atoms with Gasteiger partial charge in [0.25, 0.3) is 5.92 Å². The molecular weight excluding hydrogens is 254 g/mol. The molecule has 0 amide bonds. The molecule has 112 valence electrons. The Morgan fingerprint density at radius 2 is 1.80 bits per heavy atom. The quantitative estimate of drug-likeness (QED) is 0.624. The van der Waals surface area contributed by atoms with Crippen LogP contribution in [0.1, 0.15) is 69.4 Å². The van der Waals surface area contributed by atoms with E-state index in [0.717, 1.165) is 37.7 Å². The Labute approximate surface area is 121 Å². The Morgan fingerprint density at radius 1 is 1.10 bits per heavy atom. The Bertz CT molecular complexity index is 408. The largest absolute Gasteiger partial charge is 0.255 e. The first-order valence-electron chi connectivity index (χ1n) is 8.03. The van der Waals surface area contributed by atoms with Crippen molar-refractivity contribution in [3.05, 3.63) is 35.4 Å². The summed E-state index contributed by atoms with van der Waals surface area (Å²) in [6, 6.07) is 7.80. The van der Waals surface area contributed by atoms with Gasteiger partial charge in [0, 0.05) is 12.3 Å². The van der Waals surface area contributed by atoms with E-state index in [-0.39, 0.29) is 12.3 Å². The van der Waals surface area contributed by atoms with Crippen LogP contribution in [0.2, 0.25) is 0 Å². The smallest absolute Gasteiger partial charge is 0.206 e. The van der Waals surface area contributed by atoms with Gasteiger partial charge in [-0.05, 0) is 36.3 Å². The number of aryl methyl sites for hydroxylation is 1. The van der Waals surface area contributed by atoms with E-state index in [9.17, 15) is 8.78 Å². The van der Waals surface area contributed by atoms with Crippen LogP contribution in [0.25, 0.3) is 0 Å². The van der Waals surface area contributed by atoms with Crippen LogP contribution in [0.15, 0.2) is 24.3 Å². The van der Waals surface area contributed by atoms with Crippen molar-refractivity contribution in [2.24, 2.45) is 5.92 Å². The van der Waals surface area contributed by atoms with E-state index >= 15 is 0 Å². The molecule has 0 aliphatic heterocycles. The normalized spacial score (nSPS) is 25.6. The molecule has 1 aliphatic rings. The van der Waals surface area contributed by atoms with Crippen molar-refractivity contribution in [2.75, 3.05) is 0 Å². The number of alkyl halides is 2. The molecule has 2 unspecified atom stereocenters. The fourth-order valence-electron chi connectivity index (χ4n) is 3.38. The third kappa shape index (κ3) is 3.59. The molecule has 2 rings (SSSR count). The van der Waals surface area contributed by atoms with Gasteiger partial charge in [-0.25, -0.2) is 8.78 Å². The number of unbranched alkanes of at least 4 members (excludes halogenated alkanes) is 1. The first-order valence-corrected chi connectivity index (χ1v) is 8.03.